The number of imide groups is 1. The standard InChI is InChI=1S/C15H8N2O4S/c16-7-8-1-3-11(18)10(5-8)12-4-2-9(21-12)6-13-14(19)17-15(20)22-13/h1-6,18H,(H,17,19,20)/b13-6-. The Morgan fingerprint density at radius 1 is 1.27 bits per heavy atom. The molecule has 2 amide bonds. The van der Waals surface area contributed by atoms with Crippen LogP contribution in [-0.4, -0.2) is 16.3 Å². The van der Waals surface area contributed by atoms with Crippen LogP contribution in [0.25, 0.3) is 17.4 Å². The molecule has 0 unspecified atom stereocenters. The van der Waals surface area contributed by atoms with Gasteiger partial charge >= 0.3 is 0 Å². The van der Waals surface area contributed by atoms with E-state index in [1.165, 1.54) is 24.3 Å². The summed E-state index contributed by atoms with van der Waals surface area (Å²) < 4.78 is 5.55. The van der Waals surface area contributed by atoms with Gasteiger partial charge in [-0.2, -0.15) is 5.26 Å². The number of hydrogen-bond acceptors (Lipinski definition) is 6. The van der Waals surface area contributed by atoms with Crippen LogP contribution in [0.2, 0.25) is 0 Å². The largest absolute Gasteiger partial charge is 0.507 e. The third-order valence-corrected chi connectivity index (χ3v) is 3.74. The summed E-state index contributed by atoms with van der Waals surface area (Å²) in [6.45, 7) is 0. The van der Waals surface area contributed by atoms with Gasteiger partial charge in [-0.05, 0) is 42.1 Å². The van der Waals surface area contributed by atoms with Crippen LogP contribution in [0.4, 0.5) is 4.79 Å². The average Bonchev–Trinajstić information content (AvgIpc) is 3.07. The minimum atomic E-state index is -0.470. The minimum absolute atomic E-state index is 0.0179. The van der Waals surface area contributed by atoms with Crippen molar-refractivity contribution in [2.45, 2.75) is 0 Å². The first-order valence-corrected chi connectivity index (χ1v) is 6.96. The van der Waals surface area contributed by atoms with Crippen molar-refractivity contribution in [3.8, 4) is 23.1 Å². The zero-order chi connectivity index (χ0) is 15.7. The predicted molar refractivity (Wildman–Crippen MR) is 79.6 cm³/mol. The quantitative estimate of drug-likeness (QED) is 0.826. The van der Waals surface area contributed by atoms with E-state index in [0.717, 1.165) is 11.8 Å². The summed E-state index contributed by atoms with van der Waals surface area (Å²) in [5.74, 6) is 0.235. The number of amides is 2. The molecule has 3 rings (SSSR count). The molecule has 2 N–H and O–H groups in total. The number of benzene rings is 1. The third-order valence-electron chi connectivity index (χ3n) is 2.93. The van der Waals surface area contributed by atoms with Gasteiger partial charge in [-0.3, -0.25) is 14.9 Å². The molecular formula is C15H8N2O4S. The van der Waals surface area contributed by atoms with Crippen LogP contribution in [0.15, 0.2) is 39.7 Å². The number of nitrogens with one attached hydrogen (secondary N) is 1. The third kappa shape index (κ3) is 2.60. The lowest BCUT2D eigenvalue weighted by Crippen LogP contribution is -2.17. The first kappa shape index (κ1) is 14.0. The maximum Gasteiger partial charge on any atom is 0.290 e. The van der Waals surface area contributed by atoms with Crippen molar-refractivity contribution in [2.75, 3.05) is 0 Å². The van der Waals surface area contributed by atoms with E-state index in [-0.39, 0.29) is 10.7 Å². The number of phenols is 1. The molecule has 0 atom stereocenters. The summed E-state index contributed by atoms with van der Waals surface area (Å²) in [4.78, 5) is 22.8. The molecule has 2 heterocycles. The van der Waals surface area contributed by atoms with Gasteiger partial charge in [0, 0.05) is 6.08 Å². The van der Waals surface area contributed by atoms with Gasteiger partial charge in [0.15, 0.2) is 0 Å². The summed E-state index contributed by atoms with van der Waals surface area (Å²) in [6.07, 6.45) is 1.44. The Balaban J connectivity index is 1.95. The summed E-state index contributed by atoms with van der Waals surface area (Å²) in [5, 5.41) is 20.5. The molecule has 0 radical (unpaired) electrons. The predicted octanol–water partition coefficient (Wildman–Crippen LogP) is 2.85. The highest BCUT2D eigenvalue weighted by atomic mass is 32.2. The molecule has 0 saturated carbocycles. The second-order valence-corrected chi connectivity index (χ2v) is 5.41. The summed E-state index contributed by atoms with van der Waals surface area (Å²) in [5.41, 5.74) is 0.767. The Morgan fingerprint density at radius 2 is 2.09 bits per heavy atom. The average molecular weight is 312 g/mol. The molecule has 6 nitrogen and oxygen atoms in total. The maximum atomic E-state index is 11.5. The molecule has 22 heavy (non-hydrogen) atoms. The number of furan rings is 1. The summed E-state index contributed by atoms with van der Waals surface area (Å²) >= 11 is 0.792. The molecule has 1 aromatic heterocycles. The number of aromatic hydroxyl groups is 1. The van der Waals surface area contributed by atoms with Crippen molar-refractivity contribution >= 4 is 29.0 Å². The molecular weight excluding hydrogens is 304 g/mol. The van der Waals surface area contributed by atoms with Crippen LogP contribution in [0.3, 0.4) is 0 Å². The topological polar surface area (TPSA) is 103 Å². The Kier molecular flexibility index (Phi) is 3.45. The van der Waals surface area contributed by atoms with Gasteiger partial charge in [-0.15, -0.1) is 0 Å². The number of rotatable bonds is 2. The number of phenolic OH excluding ortho intramolecular Hbond substituents is 1. The van der Waals surface area contributed by atoms with Gasteiger partial charge in [0.25, 0.3) is 11.1 Å². The van der Waals surface area contributed by atoms with Crippen LogP contribution in [0.1, 0.15) is 11.3 Å². The van der Waals surface area contributed by atoms with E-state index < -0.39 is 11.1 Å². The van der Waals surface area contributed by atoms with Crippen molar-refractivity contribution in [1.29, 1.82) is 5.26 Å². The van der Waals surface area contributed by atoms with E-state index in [1.54, 1.807) is 12.1 Å². The van der Waals surface area contributed by atoms with Crippen LogP contribution >= 0.6 is 11.8 Å². The fourth-order valence-corrected chi connectivity index (χ4v) is 2.59. The Morgan fingerprint density at radius 3 is 2.77 bits per heavy atom. The summed E-state index contributed by atoms with van der Waals surface area (Å²) in [7, 11) is 0. The van der Waals surface area contributed by atoms with E-state index in [0.29, 0.717) is 22.6 Å². The van der Waals surface area contributed by atoms with E-state index in [2.05, 4.69) is 5.32 Å². The fraction of sp³-hybridized carbons (Fsp3) is 0. The number of nitrogens with zero attached hydrogens (tertiary/aromatic N) is 1. The first-order chi connectivity index (χ1) is 10.6. The lowest BCUT2D eigenvalue weighted by Gasteiger charge is -2.01. The molecule has 7 heteroatoms. The molecule has 1 fully saturated rings. The smallest absolute Gasteiger partial charge is 0.290 e. The van der Waals surface area contributed by atoms with Gasteiger partial charge < -0.3 is 9.52 Å². The first-order valence-electron chi connectivity index (χ1n) is 6.15. The Labute approximate surface area is 129 Å². The van der Waals surface area contributed by atoms with Gasteiger partial charge in [-0.1, -0.05) is 0 Å². The maximum absolute atomic E-state index is 11.5. The molecule has 1 saturated heterocycles. The number of carbonyl (C=O) groups is 2. The molecule has 1 aliphatic rings. The summed E-state index contributed by atoms with van der Waals surface area (Å²) in [6, 6.07) is 9.62. The van der Waals surface area contributed by atoms with Crippen molar-refractivity contribution in [3.05, 3.63) is 46.6 Å². The normalized spacial score (nSPS) is 15.9. The van der Waals surface area contributed by atoms with Gasteiger partial charge in [0.1, 0.15) is 17.3 Å². The fourth-order valence-electron chi connectivity index (χ4n) is 1.93. The molecule has 1 aliphatic heterocycles. The number of carbonyl (C=O) groups excluding carboxylic acids is 2. The van der Waals surface area contributed by atoms with Crippen LogP contribution in [0, 0.1) is 11.3 Å². The van der Waals surface area contributed by atoms with E-state index >= 15 is 0 Å². The van der Waals surface area contributed by atoms with Crippen LogP contribution in [0.5, 0.6) is 5.75 Å². The van der Waals surface area contributed by atoms with Crippen LogP contribution < -0.4 is 5.32 Å². The number of hydrogen-bond donors (Lipinski definition) is 2. The molecule has 1 aromatic carbocycles. The molecule has 0 spiro atoms. The molecule has 2 aromatic rings. The Bertz CT molecular complexity index is 861. The van der Waals surface area contributed by atoms with E-state index in [9.17, 15) is 14.7 Å². The minimum Gasteiger partial charge on any atom is -0.507 e. The van der Waals surface area contributed by atoms with Crippen molar-refractivity contribution in [1.82, 2.24) is 5.32 Å². The Hall–Kier alpha value is -2.98. The molecule has 0 aliphatic carbocycles. The lowest BCUT2D eigenvalue weighted by molar-refractivity contribution is -0.115. The highest BCUT2D eigenvalue weighted by molar-refractivity contribution is 8.18. The van der Waals surface area contributed by atoms with Crippen molar-refractivity contribution < 1.29 is 19.1 Å². The monoisotopic (exact) mass is 312 g/mol. The zero-order valence-electron chi connectivity index (χ0n) is 11.0. The van der Waals surface area contributed by atoms with Crippen LogP contribution in [-0.2, 0) is 4.79 Å². The number of nitriles is 1. The highest BCUT2D eigenvalue weighted by Gasteiger charge is 2.25. The second-order valence-electron chi connectivity index (χ2n) is 4.40. The lowest BCUT2D eigenvalue weighted by atomic mass is 10.1. The van der Waals surface area contributed by atoms with Gasteiger partial charge in [0.05, 0.1) is 22.1 Å². The van der Waals surface area contributed by atoms with Gasteiger partial charge in [0.2, 0.25) is 0 Å². The zero-order valence-corrected chi connectivity index (χ0v) is 11.8. The molecule has 108 valence electrons. The molecule has 0 bridgehead atoms. The number of thioether (sulfide) groups is 1. The van der Waals surface area contributed by atoms with E-state index in [1.807, 2.05) is 6.07 Å². The van der Waals surface area contributed by atoms with Crippen molar-refractivity contribution in [3.63, 3.8) is 0 Å². The van der Waals surface area contributed by atoms with Gasteiger partial charge in [-0.25, -0.2) is 0 Å². The van der Waals surface area contributed by atoms with Crippen molar-refractivity contribution in [2.24, 2.45) is 0 Å². The highest BCUT2D eigenvalue weighted by Crippen LogP contribution is 2.33. The second kappa shape index (κ2) is 5.42. The van der Waals surface area contributed by atoms with E-state index in [4.69, 9.17) is 9.68 Å². The SMILES string of the molecule is N#Cc1ccc(O)c(-c2ccc(/C=C3\SC(=O)NC3=O)o2)c1.